The topological polar surface area (TPSA) is 87.1 Å². The zero-order valence-corrected chi connectivity index (χ0v) is 13.7. The van der Waals surface area contributed by atoms with E-state index in [1.165, 1.54) is 0 Å². The van der Waals surface area contributed by atoms with Crippen LogP contribution in [0.25, 0.3) is 0 Å². The van der Waals surface area contributed by atoms with Gasteiger partial charge in [-0.3, -0.25) is 9.78 Å². The number of hydrogen-bond donors (Lipinski definition) is 1. The number of nitrogens with zero attached hydrogens (tertiary/aromatic N) is 6. The van der Waals surface area contributed by atoms with Crippen molar-refractivity contribution >= 4 is 17.5 Å². The standard InChI is InChI=1S/C16H21N7O/c1-22(15-11-17-7-8-18-15)12-16(24)23-9-4-13(5-10-23)20-14-3-2-6-19-21-14/h2-3,6-8,11,13H,4-5,9-10,12H2,1H3,(H,20,21). The second kappa shape index (κ2) is 7.67. The number of likely N-dealkylation sites (tertiary alicyclic amines) is 1. The molecule has 0 unspecified atom stereocenters. The van der Waals surface area contributed by atoms with Gasteiger partial charge in [-0.25, -0.2) is 4.98 Å². The van der Waals surface area contributed by atoms with Gasteiger partial charge in [0.15, 0.2) is 0 Å². The number of carbonyl (C=O) groups excluding carboxylic acids is 1. The third-order valence-corrected chi connectivity index (χ3v) is 4.09. The molecule has 8 heteroatoms. The predicted octanol–water partition coefficient (Wildman–Crippen LogP) is 0.806. The molecule has 0 aromatic carbocycles. The molecule has 8 nitrogen and oxygen atoms in total. The molecule has 1 fully saturated rings. The largest absolute Gasteiger partial charge is 0.366 e. The van der Waals surface area contributed by atoms with Crippen LogP contribution in [0.15, 0.2) is 36.9 Å². The second-order valence-corrected chi connectivity index (χ2v) is 5.83. The van der Waals surface area contributed by atoms with Crippen molar-refractivity contribution in [2.45, 2.75) is 18.9 Å². The van der Waals surface area contributed by atoms with E-state index in [4.69, 9.17) is 0 Å². The zero-order chi connectivity index (χ0) is 16.8. The molecule has 24 heavy (non-hydrogen) atoms. The van der Waals surface area contributed by atoms with Gasteiger partial charge in [-0.15, -0.1) is 5.10 Å². The monoisotopic (exact) mass is 327 g/mol. The smallest absolute Gasteiger partial charge is 0.242 e. The van der Waals surface area contributed by atoms with E-state index in [9.17, 15) is 4.79 Å². The van der Waals surface area contributed by atoms with Crippen LogP contribution in [-0.4, -0.2) is 63.7 Å². The average Bonchev–Trinajstić information content (AvgIpc) is 2.64. The van der Waals surface area contributed by atoms with Crippen molar-refractivity contribution in [3.8, 4) is 0 Å². The van der Waals surface area contributed by atoms with E-state index >= 15 is 0 Å². The first-order valence-corrected chi connectivity index (χ1v) is 8.01. The fourth-order valence-corrected chi connectivity index (χ4v) is 2.73. The molecule has 2 aromatic rings. The molecule has 0 spiro atoms. The Kier molecular flexibility index (Phi) is 5.15. The van der Waals surface area contributed by atoms with Crippen molar-refractivity contribution < 1.29 is 4.79 Å². The van der Waals surface area contributed by atoms with Crippen LogP contribution in [0.5, 0.6) is 0 Å². The Morgan fingerprint density at radius 1 is 1.33 bits per heavy atom. The molecule has 0 atom stereocenters. The Balaban J connectivity index is 1.47. The van der Waals surface area contributed by atoms with Crippen LogP contribution in [0.3, 0.4) is 0 Å². The normalized spacial score (nSPS) is 15.1. The summed E-state index contributed by atoms with van der Waals surface area (Å²) in [6, 6.07) is 4.08. The van der Waals surface area contributed by atoms with Gasteiger partial charge in [0.2, 0.25) is 5.91 Å². The lowest BCUT2D eigenvalue weighted by molar-refractivity contribution is -0.130. The first-order chi connectivity index (χ1) is 11.7. The summed E-state index contributed by atoms with van der Waals surface area (Å²) in [4.78, 5) is 24.4. The summed E-state index contributed by atoms with van der Waals surface area (Å²) in [5, 5.41) is 11.3. The molecule has 126 valence electrons. The van der Waals surface area contributed by atoms with Crippen LogP contribution in [0.4, 0.5) is 11.6 Å². The first kappa shape index (κ1) is 16.1. The summed E-state index contributed by atoms with van der Waals surface area (Å²) in [6.45, 7) is 1.79. The Morgan fingerprint density at radius 3 is 2.83 bits per heavy atom. The second-order valence-electron chi connectivity index (χ2n) is 5.83. The summed E-state index contributed by atoms with van der Waals surface area (Å²) >= 11 is 0. The zero-order valence-electron chi connectivity index (χ0n) is 13.7. The minimum absolute atomic E-state index is 0.112. The van der Waals surface area contributed by atoms with Crippen molar-refractivity contribution in [3.05, 3.63) is 36.9 Å². The van der Waals surface area contributed by atoms with Crippen LogP contribution in [0.2, 0.25) is 0 Å². The lowest BCUT2D eigenvalue weighted by Gasteiger charge is -2.33. The number of piperidine rings is 1. The third-order valence-electron chi connectivity index (χ3n) is 4.09. The molecule has 1 aliphatic heterocycles. The Hall–Kier alpha value is -2.77. The average molecular weight is 327 g/mol. The molecule has 0 bridgehead atoms. The van der Waals surface area contributed by atoms with E-state index in [1.807, 2.05) is 29.0 Å². The van der Waals surface area contributed by atoms with Gasteiger partial charge >= 0.3 is 0 Å². The lowest BCUT2D eigenvalue weighted by atomic mass is 10.0. The molecule has 1 N–H and O–H groups in total. The fourth-order valence-electron chi connectivity index (χ4n) is 2.73. The maximum absolute atomic E-state index is 12.4. The number of rotatable bonds is 5. The molecule has 1 aliphatic rings. The number of nitrogens with one attached hydrogen (secondary N) is 1. The quantitative estimate of drug-likeness (QED) is 0.869. The molecule has 0 saturated carbocycles. The van der Waals surface area contributed by atoms with Crippen molar-refractivity contribution in [1.29, 1.82) is 0 Å². The fraction of sp³-hybridized carbons (Fsp3) is 0.438. The van der Waals surface area contributed by atoms with Gasteiger partial charge in [-0.05, 0) is 25.0 Å². The molecule has 3 heterocycles. The summed E-state index contributed by atoms with van der Waals surface area (Å²) in [5.41, 5.74) is 0. The number of carbonyl (C=O) groups is 1. The summed E-state index contributed by atoms with van der Waals surface area (Å²) in [7, 11) is 1.85. The van der Waals surface area contributed by atoms with Crippen molar-refractivity contribution in [1.82, 2.24) is 25.1 Å². The summed E-state index contributed by atoms with van der Waals surface area (Å²) in [6.07, 6.45) is 8.35. The van der Waals surface area contributed by atoms with Crippen LogP contribution in [0, 0.1) is 0 Å². The molecule has 3 rings (SSSR count). The molecule has 0 radical (unpaired) electrons. The summed E-state index contributed by atoms with van der Waals surface area (Å²) in [5.74, 6) is 1.59. The van der Waals surface area contributed by atoms with Crippen LogP contribution < -0.4 is 10.2 Å². The highest BCUT2D eigenvalue weighted by Gasteiger charge is 2.23. The number of aromatic nitrogens is 4. The van der Waals surface area contributed by atoms with Gasteiger partial charge < -0.3 is 15.1 Å². The number of amides is 1. The maximum Gasteiger partial charge on any atom is 0.242 e. The third kappa shape index (κ3) is 4.15. The van der Waals surface area contributed by atoms with E-state index in [0.717, 1.165) is 31.7 Å². The van der Waals surface area contributed by atoms with Crippen LogP contribution in [0.1, 0.15) is 12.8 Å². The van der Waals surface area contributed by atoms with E-state index < -0.39 is 0 Å². The van der Waals surface area contributed by atoms with Gasteiger partial charge in [0.05, 0.1) is 12.7 Å². The maximum atomic E-state index is 12.4. The number of anilines is 2. The Bertz CT molecular complexity index is 644. The van der Waals surface area contributed by atoms with Crippen molar-refractivity contribution in [2.24, 2.45) is 0 Å². The minimum atomic E-state index is 0.112. The Labute approximate surface area is 140 Å². The summed E-state index contributed by atoms with van der Waals surface area (Å²) < 4.78 is 0. The van der Waals surface area contributed by atoms with Crippen molar-refractivity contribution in [3.63, 3.8) is 0 Å². The van der Waals surface area contributed by atoms with E-state index in [0.29, 0.717) is 18.4 Å². The lowest BCUT2D eigenvalue weighted by Crippen LogP contribution is -2.46. The van der Waals surface area contributed by atoms with E-state index in [2.05, 4.69) is 25.5 Å². The van der Waals surface area contributed by atoms with Gasteiger partial charge in [0.1, 0.15) is 11.6 Å². The molecule has 1 saturated heterocycles. The van der Waals surface area contributed by atoms with Crippen LogP contribution >= 0.6 is 0 Å². The molecular weight excluding hydrogens is 306 g/mol. The number of hydrogen-bond acceptors (Lipinski definition) is 7. The van der Waals surface area contributed by atoms with Crippen LogP contribution in [-0.2, 0) is 4.79 Å². The first-order valence-electron chi connectivity index (χ1n) is 8.01. The minimum Gasteiger partial charge on any atom is -0.366 e. The van der Waals surface area contributed by atoms with Gasteiger partial charge in [0, 0.05) is 44.8 Å². The van der Waals surface area contributed by atoms with Gasteiger partial charge in [-0.2, -0.15) is 5.10 Å². The Morgan fingerprint density at radius 2 is 2.17 bits per heavy atom. The molecular formula is C16H21N7O. The highest BCUT2D eigenvalue weighted by Crippen LogP contribution is 2.15. The van der Waals surface area contributed by atoms with Crippen molar-refractivity contribution in [2.75, 3.05) is 36.9 Å². The highest BCUT2D eigenvalue weighted by molar-refractivity contribution is 5.81. The molecule has 2 aromatic heterocycles. The molecule has 1 amide bonds. The van der Waals surface area contributed by atoms with E-state index in [-0.39, 0.29) is 5.91 Å². The number of likely N-dealkylation sites (N-methyl/N-ethyl adjacent to an activating group) is 1. The molecule has 0 aliphatic carbocycles. The van der Waals surface area contributed by atoms with Gasteiger partial charge in [0.25, 0.3) is 0 Å². The van der Waals surface area contributed by atoms with E-state index in [1.54, 1.807) is 24.8 Å². The SMILES string of the molecule is CN(CC(=O)N1CCC(Nc2cccnn2)CC1)c1cnccn1. The predicted molar refractivity (Wildman–Crippen MR) is 90.6 cm³/mol. The van der Waals surface area contributed by atoms with Gasteiger partial charge in [-0.1, -0.05) is 0 Å². The highest BCUT2D eigenvalue weighted by atomic mass is 16.2.